The van der Waals surface area contributed by atoms with Crippen LogP contribution in [0.4, 0.5) is 24.5 Å². The molecule has 1 aromatic carbocycles. The Labute approximate surface area is 161 Å². The summed E-state index contributed by atoms with van der Waals surface area (Å²) in [5.41, 5.74) is -1.27. The molecule has 0 fully saturated rings. The second-order valence-corrected chi connectivity index (χ2v) is 8.82. The summed E-state index contributed by atoms with van der Waals surface area (Å²) in [4.78, 5) is 3.68. The van der Waals surface area contributed by atoms with Crippen LogP contribution in [0.1, 0.15) is 26.3 Å². The first-order valence-electron chi connectivity index (χ1n) is 7.76. The van der Waals surface area contributed by atoms with E-state index in [4.69, 9.17) is 12.2 Å². The highest BCUT2D eigenvalue weighted by Gasteiger charge is 2.30. The van der Waals surface area contributed by atoms with Gasteiger partial charge in [-0.3, -0.25) is 9.71 Å². The minimum absolute atomic E-state index is 0.0773. The molecule has 0 bridgehead atoms. The number of halogens is 3. The zero-order valence-corrected chi connectivity index (χ0v) is 16.4. The zero-order valence-electron chi connectivity index (χ0n) is 14.8. The number of sulfonamides is 1. The number of hydrogen-bond donors (Lipinski definition) is 2. The Balaban J connectivity index is 2.38. The highest BCUT2D eigenvalue weighted by molar-refractivity contribution is 7.92. The van der Waals surface area contributed by atoms with Crippen LogP contribution in [-0.4, -0.2) is 18.4 Å². The lowest BCUT2D eigenvalue weighted by atomic mass is 9.97. The lowest BCUT2D eigenvalue weighted by molar-refractivity contribution is -0.137. The number of pyridine rings is 1. The topological polar surface area (TPSA) is 71.1 Å². The van der Waals surface area contributed by atoms with E-state index in [1.165, 1.54) is 24.4 Å². The molecule has 0 spiro atoms. The van der Waals surface area contributed by atoms with Gasteiger partial charge in [-0.25, -0.2) is 8.42 Å². The SMILES string of the molecule is CC(C)(C)C(=S)NS(=O)(=O)c1cnccc1Nc1cccc(C(F)(F)F)c1. The van der Waals surface area contributed by atoms with Gasteiger partial charge < -0.3 is 5.32 Å². The van der Waals surface area contributed by atoms with Crippen molar-refractivity contribution >= 4 is 38.6 Å². The molecule has 10 heteroatoms. The van der Waals surface area contributed by atoms with E-state index >= 15 is 0 Å². The van der Waals surface area contributed by atoms with Crippen molar-refractivity contribution in [2.75, 3.05) is 5.32 Å². The second-order valence-electron chi connectivity index (χ2n) is 6.76. The number of thiocarbonyl (C=S) groups is 1. The summed E-state index contributed by atoms with van der Waals surface area (Å²) >= 11 is 5.11. The van der Waals surface area contributed by atoms with Crippen molar-refractivity contribution in [1.82, 2.24) is 9.71 Å². The fraction of sp³-hybridized carbons (Fsp3) is 0.294. The third-order valence-electron chi connectivity index (χ3n) is 3.45. The molecule has 0 unspecified atom stereocenters. The van der Waals surface area contributed by atoms with Crippen molar-refractivity contribution in [3.05, 3.63) is 48.3 Å². The van der Waals surface area contributed by atoms with Crippen LogP contribution in [0.2, 0.25) is 0 Å². The fourth-order valence-electron chi connectivity index (χ4n) is 1.96. The zero-order chi connectivity index (χ0) is 20.5. The quantitative estimate of drug-likeness (QED) is 0.717. The molecule has 0 aliphatic rings. The lowest BCUT2D eigenvalue weighted by Crippen LogP contribution is -2.37. The van der Waals surface area contributed by atoms with Gasteiger partial charge in [0.15, 0.2) is 0 Å². The summed E-state index contributed by atoms with van der Waals surface area (Å²) in [7, 11) is -4.07. The molecule has 0 radical (unpaired) electrons. The molecule has 0 saturated heterocycles. The maximum atomic E-state index is 12.9. The summed E-state index contributed by atoms with van der Waals surface area (Å²) in [5.74, 6) is 0. The fourth-order valence-corrected chi connectivity index (χ4v) is 3.55. The van der Waals surface area contributed by atoms with Gasteiger partial charge in [0, 0.05) is 23.5 Å². The molecule has 5 nitrogen and oxygen atoms in total. The lowest BCUT2D eigenvalue weighted by Gasteiger charge is -2.21. The number of hydrogen-bond acceptors (Lipinski definition) is 5. The van der Waals surface area contributed by atoms with Crippen LogP contribution in [0.3, 0.4) is 0 Å². The van der Waals surface area contributed by atoms with Crippen molar-refractivity contribution < 1.29 is 21.6 Å². The van der Waals surface area contributed by atoms with Crippen molar-refractivity contribution in [3.8, 4) is 0 Å². The molecule has 2 N–H and O–H groups in total. The molecular weight excluding hydrogens is 399 g/mol. The van der Waals surface area contributed by atoms with Crippen molar-refractivity contribution in [2.24, 2.45) is 5.41 Å². The van der Waals surface area contributed by atoms with E-state index < -0.39 is 27.2 Å². The number of rotatable bonds is 4. The average Bonchev–Trinajstić information content (AvgIpc) is 2.53. The molecule has 1 aromatic heterocycles. The van der Waals surface area contributed by atoms with E-state index in [2.05, 4.69) is 15.0 Å². The standard InChI is InChI=1S/C17H18F3N3O2S2/c1-16(2,3)15(26)23-27(24,25)14-10-21-8-7-13(14)22-12-6-4-5-11(9-12)17(18,19)20/h4-10H,1-3H3,(H,21,22)(H,23,26). The smallest absolute Gasteiger partial charge is 0.354 e. The van der Waals surface area contributed by atoms with Crippen LogP contribution in [0.15, 0.2) is 47.6 Å². The van der Waals surface area contributed by atoms with Crippen LogP contribution in [0.25, 0.3) is 0 Å². The molecular formula is C17H18F3N3O2S2. The molecule has 2 aromatic rings. The molecule has 0 amide bonds. The van der Waals surface area contributed by atoms with Gasteiger partial charge in [0.1, 0.15) is 4.90 Å². The Hall–Kier alpha value is -2.20. The molecule has 146 valence electrons. The highest BCUT2D eigenvalue weighted by atomic mass is 32.2. The van der Waals surface area contributed by atoms with E-state index in [1.54, 1.807) is 20.8 Å². The van der Waals surface area contributed by atoms with Gasteiger partial charge in [0.25, 0.3) is 10.0 Å². The number of alkyl halides is 3. The van der Waals surface area contributed by atoms with E-state index in [0.29, 0.717) is 0 Å². The van der Waals surface area contributed by atoms with Crippen molar-refractivity contribution in [1.29, 1.82) is 0 Å². The number of benzene rings is 1. The van der Waals surface area contributed by atoms with Crippen LogP contribution in [0.5, 0.6) is 0 Å². The van der Waals surface area contributed by atoms with Gasteiger partial charge >= 0.3 is 6.18 Å². The first-order valence-corrected chi connectivity index (χ1v) is 9.65. The number of aromatic nitrogens is 1. The Morgan fingerprint density at radius 1 is 1.15 bits per heavy atom. The normalized spacial score (nSPS) is 12.5. The van der Waals surface area contributed by atoms with Crippen LogP contribution in [-0.2, 0) is 16.2 Å². The van der Waals surface area contributed by atoms with Gasteiger partial charge in [0.2, 0.25) is 0 Å². The second kappa shape index (κ2) is 7.43. The van der Waals surface area contributed by atoms with E-state index in [-0.39, 0.29) is 21.3 Å². The van der Waals surface area contributed by atoms with E-state index in [9.17, 15) is 21.6 Å². The molecule has 0 atom stereocenters. The third-order valence-corrected chi connectivity index (χ3v) is 5.67. The van der Waals surface area contributed by atoms with Crippen LogP contribution >= 0.6 is 12.2 Å². The summed E-state index contributed by atoms with van der Waals surface area (Å²) in [6, 6.07) is 5.81. The number of nitrogens with zero attached hydrogens (tertiary/aromatic N) is 1. The van der Waals surface area contributed by atoms with Crippen LogP contribution in [0, 0.1) is 5.41 Å². The Kier molecular flexibility index (Phi) is 5.81. The molecule has 27 heavy (non-hydrogen) atoms. The summed E-state index contributed by atoms with van der Waals surface area (Å²) in [5, 5.41) is 2.70. The number of nitrogens with one attached hydrogen (secondary N) is 2. The largest absolute Gasteiger partial charge is 0.416 e. The minimum atomic E-state index is -4.51. The molecule has 2 rings (SSSR count). The predicted molar refractivity (Wildman–Crippen MR) is 101 cm³/mol. The molecule has 0 saturated carbocycles. The van der Waals surface area contributed by atoms with Gasteiger partial charge in [-0.1, -0.05) is 39.1 Å². The highest BCUT2D eigenvalue weighted by Crippen LogP contribution is 2.32. The maximum Gasteiger partial charge on any atom is 0.416 e. The predicted octanol–water partition coefficient (Wildman–Crippen LogP) is 4.50. The monoisotopic (exact) mass is 417 g/mol. The minimum Gasteiger partial charge on any atom is -0.354 e. The van der Waals surface area contributed by atoms with Crippen LogP contribution < -0.4 is 10.0 Å². The number of anilines is 2. The van der Waals surface area contributed by atoms with Gasteiger partial charge in [-0.15, -0.1) is 0 Å². The van der Waals surface area contributed by atoms with Crippen molar-refractivity contribution in [3.63, 3.8) is 0 Å². The summed E-state index contributed by atoms with van der Waals surface area (Å²) < 4.78 is 66.3. The first kappa shape index (κ1) is 21.1. The summed E-state index contributed by atoms with van der Waals surface area (Å²) in [6.07, 6.45) is -2.08. The molecule has 0 aliphatic heterocycles. The first-order chi connectivity index (χ1) is 12.3. The van der Waals surface area contributed by atoms with Gasteiger partial charge in [-0.05, 0) is 24.3 Å². The van der Waals surface area contributed by atoms with Gasteiger partial charge in [-0.2, -0.15) is 13.2 Å². The molecule has 0 aliphatic carbocycles. The van der Waals surface area contributed by atoms with Gasteiger partial charge in [0.05, 0.1) is 16.2 Å². The Morgan fingerprint density at radius 2 is 1.81 bits per heavy atom. The Morgan fingerprint density at radius 3 is 2.41 bits per heavy atom. The van der Waals surface area contributed by atoms with Crippen molar-refractivity contribution in [2.45, 2.75) is 31.8 Å². The van der Waals surface area contributed by atoms with E-state index in [1.807, 2.05) is 0 Å². The van der Waals surface area contributed by atoms with E-state index in [0.717, 1.165) is 18.3 Å². The maximum absolute atomic E-state index is 12.9. The molecule has 1 heterocycles. The Bertz CT molecular complexity index is 952. The third kappa shape index (κ3) is 5.39. The summed E-state index contributed by atoms with van der Waals surface area (Å²) in [6.45, 7) is 5.26. The average molecular weight is 417 g/mol.